The van der Waals surface area contributed by atoms with Crippen molar-refractivity contribution in [3.05, 3.63) is 118 Å². The van der Waals surface area contributed by atoms with Crippen LogP contribution < -0.4 is 21.5 Å². The molecule has 0 bridgehead atoms. The van der Waals surface area contributed by atoms with Crippen molar-refractivity contribution in [3.63, 3.8) is 0 Å². The summed E-state index contributed by atoms with van der Waals surface area (Å²) in [6.45, 7) is 1.20. The Morgan fingerprint density at radius 1 is 0.917 bits per heavy atom. The molecular formula is C36H30Cl2N8O2. The van der Waals surface area contributed by atoms with E-state index in [1.54, 1.807) is 12.3 Å². The molecule has 2 amide bonds. The average Bonchev–Trinajstić information content (AvgIpc) is 3.72. The van der Waals surface area contributed by atoms with Gasteiger partial charge in [-0.05, 0) is 60.4 Å². The summed E-state index contributed by atoms with van der Waals surface area (Å²) in [5.41, 5.74) is 9.17. The zero-order chi connectivity index (χ0) is 32.9. The zero-order valence-corrected chi connectivity index (χ0v) is 27.1. The Labute approximate surface area is 285 Å². The third kappa shape index (κ3) is 5.09. The number of carbonyl (C=O) groups excluding carboxylic acids is 2. The lowest BCUT2D eigenvalue weighted by atomic mass is 9.88. The number of imidazole rings is 1. The fourth-order valence-electron chi connectivity index (χ4n) is 7.10. The molecule has 1 saturated heterocycles. The van der Waals surface area contributed by atoms with Crippen LogP contribution in [0, 0.1) is 5.92 Å². The molecule has 10 nitrogen and oxygen atoms in total. The smallest absolute Gasteiger partial charge is 0.272 e. The van der Waals surface area contributed by atoms with Crippen LogP contribution in [0.5, 0.6) is 0 Å². The van der Waals surface area contributed by atoms with Crippen molar-refractivity contribution in [2.24, 2.45) is 11.8 Å². The van der Waals surface area contributed by atoms with E-state index in [1.807, 2.05) is 79.1 Å². The van der Waals surface area contributed by atoms with Gasteiger partial charge in [0.1, 0.15) is 5.69 Å². The van der Waals surface area contributed by atoms with Gasteiger partial charge < -0.3 is 19.8 Å². The van der Waals surface area contributed by atoms with Crippen molar-refractivity contribution in [1.29, 1.82) is 0 Å². The zero-order valence-electron chi connectivity index (χ0n) is 25.6. The minimum Gasteiger partial charge on any atom is -0.355 e. The Hall–Kier alpha value is -5.16. The normalized spacial score (nSPS) is 15.7. The summed E-state index contributed by atoms with van der Waals surface area (Å²) < 4.78 is 2.11. The lowest BCUT2D eigenvalue weighted by Gasteiger charge is -2.32. The van der Waals surface area contributed by atoms with Crippen molar-refractivity contribution in [2.75, 3.05) is 23.3 Å². The molecule has 12 heteroatoms. The van der Waals surface area contributed by atoms with Gasteiger partial charge in [0.15, 0.2) is 5.82 Å². The van der Waals surface area contributed by atoms with Crippen LogP contribution in [0.3, 0.4) is 0 Å². The number of pyridine rings is 1. The third-order valence-corrected chi connectivity index (χ3v) is 9.77. The molecule has 3 aromatic heterocycles. The Morgan fingerprint density at radius 3 is 2.44 bits per heavy atom. The summed E-state index contributed by atoms with van der Waals surface area (Å²) in [5, 5.41) is 5.24. The standard InChI is InChI=1S/C36H30Cl2N8O2/c37-23-10-8-21(9-11-23)32-25-17-24(38)18-27-28(25)29(33-30(41-19-46(32)33)20-5-2-1-3-6-20)31(42-27)36(48)43-26-7-4-14-40-34(26)45-15-12-22(13-16-45)35(47)44-39/h1-11,14,17-19,22,32,42H,12-13,15-16,39H2,(H,43,48)(H,44,47). The highest BCUT2D eigenvalue weighted by Gasteiger charge is 2.36. The molecule has 8 rings (SSSR count). The van der Waals surface area contributed by atoms with Gasteiger partial charge in [0.05, 0.1) is 29.4 Å². The maximum absolute atomic E-state index is 14.4. The van der Waals surface area contributed by atoms with Gasteiger partial charge in [-0.3, -0.25) is 15.0 Å². The van der Waals surface area contributed by atoms with Crippen molar-refractivity contribution in [1.82, 2.24) is 24.9 Å². The van der Waals surface area contributed by atoms with Crippen LogP contribution in [0.2, 0.25) is 10.0 Å². The van der Waals surface area contributed by atoms with Crippen LogP contribution in [-0.4, -0.2) is 44.4 Å². The Morgan fingerprint density at radius 2 is 1.69 bits per heavy atom. The molecule has 5 heterocycles. The topological polar surface area (TPSA) is 134 Å². The first kappa shape index (κ1) is 30.2. The number of nitrogens with two attached hydrogens (primary N) is 1. The van der Waals surface area contributed by atoms with E-state index >= 15 is 0 Å². The molecule has 2 aliphatic heterocycles. The minimum absolute atomic E-state index is 0.158. The molecule has 1 unspecified atom stereocenters. The Kier molecular flexibility index (Phi) is 7.63. The number of hydrogen-bond donors (Lipinski definition) is 4. The quantitative estimate of drug-likeness (QED) is 0.0869. The van der Waals surface area contributed by atoms with E-state index in [0.717, 1.165) is 44.5 Å². The number of H-pyrrole nitrogens is 1. The van der Waals surface area contributed by atoms with Crippen LogP contribution in [0.4, 0.5) is 11.5 Å². The lowest BCUT2D eigenvalue weighted by molar-refractivity contribution is -0.125. The summed E-state index contributed by atoms with van der Waals surface area (Å²) in [5.74, 6) is 5.36. The average molecular weight is 678 g/mol. The number of fused-ring (bicyclic) bond motifs is 2. The molecule has 48 heavy (non-hydrogen) atoms. The molecule has 0 spiro atoms. The van der Waals surface area contributed by atoms with Gasteiger partial charge in [0.25, 0.3) is 5.91 Å². The summed E-state index contributed by atoms with van der Waals surface area (Å²) in [6.07, 6.45) is 4.79. The number of amides is 2. The number of benzene rings is 3. The largest absolute Gasteiger partial charge is 0.355 e. The van der Waals surface area contributed by atoms with Crippen LogP contribution in [0.25, 0.3) is 33.4 Å². The summed E-state index contributed by atoms with van der Waals surface area (Å²) in [7, 11) is 0. The van der Waals surface area contributed by atoms with E-state index < -0.39 is 0 Å². The first-order valence-electron chi connectivity index (χ1n) is 15.7. The van der Waals surface area contributed by atoms with Gasteiger partial charge in [-0.1, -0.05) is 65.7 Å². The molecule has 3 aromatic carbocycles. The van der Waals surface area contributed by atoms with Crippen LogP contribution in [0.1, 0.15) is 40.5 Å². The summed E-state index contributed by atoms with van der Waals surface area (Å²) in [6, 6.07) is 24.9. The number of carbonyl (C=O) groups is 2. The fourth-order valence-corrected chi connectivity index (χ4v) is 7.45. The SMILES string of the molecule is NNC(=O)C1CCN(c2ncccc2NC(=O)c2[nH]c3cc(Cl)cc4c3c2-c2c(-c3ccccc3)ncn2C4c2ccc(Cl)cc2)CC1. The lowest BCUT2D eigenvalue weighted by Crippen LogP contribution is -2.43. The summed E-state index contributed by atoms with van der Waals surface area (Å²) in [4.78, 5) is 41.6. The number of nitrogens with one attached hydrogen (secondary N) is 3. The van der Waals surface area contributed by atoms with Crippen LogP contribution in [-0.2, 0) is 4.79 Å². The van der Waals surface area contributed by atoms with Gasteiger partial charge in [-0.15, -0.1) is 0 Å². The minimum atomic E-state index is -0.327. The van der Waals surface area contributed by atoms with E-state index in [4.69, 9.17) is 34.0 Å². The van der Waals surface area contributed by atoms with E-state index in [9.17, 15) is 9.59 Å². The second-order valence-electron chi connectivity index (χ2n) is 12.1. The molecule has 0 saturated carbocycles. The van der Waals surface area contributed by atoms with Crippen molar-refractivity contribution < 1.29 is 9.59 Å². The van der Waals surface area contributed by atoms with Crippen molar-refractivity contribution in [2.45, 2.75) is 18.9 Å². The van der Waals surface area contributed by atoms with Crippen LogP contribution >= 0.6 is 23.2 Å². The molecule has 6 aromatic rings. The Balaban J connectivity index is 1.25. The van der Waals surface area contributed by atoms with E-state index in [1.165, 1.54) is 0 Å². The highest BCUT2D eigenvalue weighted by molar-refractivity contribution is 6.32. The molecule has 1 atom stereocenters. The Bertz CT molecular complexity index is 2190. The summed E-state index contributed by atoms with van der Waals surface area (Å²) >= 11 is 13.0. The second kappa shape index (κ2) is 12.1. The molecule has 240 valence electrons. The number of hydrazine groups is 1. The molecule has 2 aliphatic rings. The molecule has 0 aliphatic carbocycles. The monoisotopic (exact) mass is 676 g/mol. The number of anilines is 2. The van der Waals surface area contributed by atoms with Gasteiger partial charge in [-0.2, -0.15) is 0 Å². The number of piperidine rings is 1. The predicted molar refractivity (Wildman–Crippen MR) is 188 cm³/mol. The molecule has 1 fully saturated rings. The fraction of sp³-hybridized carbons (Fsp3) is 0.167. The van der Waals surface area contributed by atoms with E-state index in [0.29, 0.717) is 53.2 Å². The highest BCUT2D eigenvalue weighted by Crippen LogP contribution is 2.50. The number of nitrogens with zero attached hydrogens (tertiary/aromatic N) is 4. The predicted octanol–water partition coefficient (Wildman–Crippen LogP) is 6.81. The second-order valence-corrected chi connectivity index (χ2v) is 12.9. The van der Waals surface area contributed by atoms with Crippen molar-refractivity contribution in [3.8, 4) is 22.5 Å². The highest BCUT2D eigenvalue weighted by atomic mass is 35.5. The number of aromatic amines is 1. The first-order valence-corrected chi connectivity index (χ1v) is 16.4. The van der Waals surface area contributed by atoms with E-state index in [-0.39, 0.29) is 23.8 Å². The number of aromatic nitrogens is 4. The van der Waals surface area contributed by atoms with Gasteiger partial charge >= 0.3 is 0 Å². The molecule has 0 radical (unpaired) electrons. The number of hydrogen-bond acceptors (Lipinski definition) is 6. The van der Waals surface area contributed by atoms with Crippen LogP contribution in [0.15, 0.2) is 91.4 Å². The molecular weight excluding hydrogens is 647 g/mol. The third-order valence-electron chi connectivity index (χ3n) is 9.30. The van der Waals surface area contributed by atoms with Crippen molar-refractivity contribution >= 4 is 57.4 Å². The van der Waals surface area contributed by atoms with Gasteiger partial charge in [0, 0.05) is 57.3 Å². The number of halogens is 2. The van der Waals surface area contributed by atoms with E-state index in [2.05, 4.69) is 30.2 Å². The van der Waals surface area contributed by atoms with Gasteiger partial charge in [-0.25, -0.2) is 15.8 Å². The maximum Gasteiger partial charge on any atom is 0.272 e. The molecule has 5 N–H and O–H groups in total. The number of rotatable bonds is 6. The maximum atomic E-state index is 14.4. The van der Waals surface area contributed by atoms with Gasteiger partial charge in [0.2, 0.25) is 5.91 Å². The first-order chi connectivity index (χ1) is 23.4.